The Morgan fingerprint density at radius 1 is 0.739 bits per heavy atom. The number of nitrogen functional groups attached to an aromatic ring is 2. The topological polar surface area (TPSA) is 194 Å². The van der Waals surface area contributed by atoms with E-state index < -0.39 is 31.8 Å². The van der Waals surface area contributed by atoms with Gasteiger partial charge in [-0.3, -0.25) is 30.3 Å². The van der Waals surface area contributed by atoms with Crippen molar-refractivity contribution in [1.29, 1.82) is 0 Å². The van der Waals surface area contributed by atoms with Gasteiger partial charge in [0.05, 0.1) is 14.8 Å². The highest BCUT2D eigenvalue weighted by atomic mass is 16.6. The molecule has 0 radical (unpaired) electrons. The van der Waals surface area contributed by atoms with Crippen LogP contribution in [0.1, 0.15) is 0 Å². The predicted octanol–water partition coefficient (Wildman–Crippen LogP) is 1.66. The van der Waals surface area contributed by atoms with Gasteiger partial charge in [-0.25, -0.2) is 4.98 Å². The zero-order chi connectivity index (χ0) is 17.6. The lowest BCUT2D eigenvalue weighted by Crippen LogP contribution is -2.00. The third-order valence-electron chi connectivity index (χ3n) is 2.36. The molecule has 1 heterocycles. The molecule has 0 fully saturated rings. The molecule has 23 heavy (non-hydrogen) atoms. The molecule has 0 aliphatic carbocycles. The summed E-state index contributed by atoms with van der Waals surface area (Å²) < 4.78 is 0. The number of nitro groups is 3. The maximum absolute atomic E-state index is 10.4. The summed E-state index contributed by atoms with van der Waals surface area (Å²) >= 11 is 0. The first kappa shape index (κ1) is 17.2. The van der Waals surface area contributed by atoms with E-state index in [0.29, 0.717) is 11.6 Å². The molecular formula is C11H10N6O6. The lowest BCUT2D eigenvalue weighted by Gasteiger charge is -1.95. The largest absolute Gasteiger partial charge is 0.422 e. The van der Waals surface area contributed by atoms with Crippen LogP contribution in [-0.2, 0) is 0 Å². The third kappa shape index (κ3) is 4.59. The Morgan fingerprint density at radius 2 is 1.13 bits per heavy atom. The molecule has 0 spiro atoms. The van der Waals surface area contributed by atoms with Gasteiger partial charge in [-0.15, -0.1) is 0 Å². The minimum Gasteiger partial charge on any atom is -0.384 e. The molecule has 0 bridgehead atoms. The predicted molar refractivity (Wildman–Crippen MR) is 79.5 cm³/mol. The number of nitro benzene ring substituents is 3. The number of benzene rings is 1. The minimum atomic E-state index is -1.14. The average Bonchev–Trinajstić information content (AvgIpc) is 2.46. The highest BCUT2D eigenvalue weighted by Gasteiger charge is 2.34. The summed E-state index contributed by atoms with van der Waals surface area (Å²) in [5, 5.41) is 31.2. The fraction of sp³-hybridized carbons (Fsp3) is 0. The van der Waals surface area contributed by atoms with Gasteiger partial charge in [0.25, 0.3) is 0 Å². The third-order valence-corrected chi connectivity index (χ3v) is 2.36. The summed E-state index contributed by atoms with van der Waals surface area (Å²) in [5.74, 6) is 0.926. The molecule has 12 heteroatoms. The van der Waals surface area contributed by atoms with Crippen molar-refractivity contribution in [2.75, 3.05) is 11.5 Å². The number of aromatic nitrogens is 1. The van der Waals surface area contributed by atoms with Gasteiger partial charge in [0.1, 0.15) is 11.6 Å². The maximum atomic E-state index is 10.4. The van der Waals surface area contributed by atoms with Gasteiger partial charge in [0.2, 0.25) is 0 Å². The lowest BCUT2D eigenvalue weighted by atomic mass is 10.2. The number of hydrogen-bond donors (Lipinski definition) is 2. The van der Waals surface area contributed by atoms with Crippen molar-refractivity contribution in [2.24, 2.45) is 0 Å². The maximum Gasteiger partial charge on any atom is 0.422 e. The fourth-order valence-electron chi connectivity index (χ4n) is 1.47. The van der Waals surface area contributed by atoms with Gasteiger partial charge < -0.3 is 11.5 Å². The quantitative estimate of drug-likeness (QED) is 0.623. The van der Waals surface area contributed by atoms with E-state index in [-0.39, 0.29) is 0 Å². The van der Waals surface area contributed by atoms with E-state index in [2.05, 4.69) is 4.98 Å². The number of nitrogens with two attached hydrogens (primary N) is 2. The summed E-state index contributed by atoms with van der Waals surface area (Å²) in [7, 11) is 0. The Labute approximate surface area is 127 Å². The second-order valence-electron chi connectivity index (χ2n) is 3.90. The Morgan fingerprint density at radius 3 is 1.39 bits per heavy atom. The second-order valence-corrected chi connectivity index (χ2v) is 3.90. The van der Waals surface area contributed by atoms with E-state index in [0.717, 1.165) is 18.2 Å². The normalized spacial score (nSPS) is 9.39. The molecule has 0 atom stereocenters. The highest BCUT2D eigenvalue weighted by molar-refractivity contribution is 5.65. The molecule has 1 aromatic heterocycles. The monoisotopic (exact) mass is 322 g/mol. The van der Waals surface area contributed by atoms with E-state index in [9.17, 15) is 30.3 Å². The van der Waals surface area contributed by atoms with E-state index in [1.807, 2.05) is 0 Å². The molecule has 0 aliphatic heterocycles. The van der Waals surface area contributed by atoms with Gasteiger partial charge in [-0.1, -0.05) is 6.07 Å². The van der Waals surface area contributed by atoms with Crippen molar-refractivity contribution >= 4 is 28.7 Å². The van der Waals surface area contributed by atoms with Crippen molar-refractivity contribution in [3.05, 3.63) is 66.7 Å². The molecule has 2 aromatic rings. The van der Waals surface area contributed by atoms with E-state index >= 15 is 0 Å². The molecule has 12 nitrogen and oxygen atoms in total. The fourth-order valence-corrected chi connectivity index (χ4v) is 1.47. The number of pyridine rings is 1. The number of nitrogens with zero attached hydrogens (tertiary/aromatic N) is 4. The molecule has 0 saturated heterocycles. The van der Waals surface area contributed by atoms with Crippen molar-refractivity contribution < 1.29 is 14.8 Å². The summed E-state index contributed by atoms with van der Waals surface area (Å²) in [6, 6.07) is 7.84. The zero-order valence-electron chi connectivity index (χ0n) is 11.4. The smallest absolute Gasteiger partial charge is 0.384 e. The Kier molecular flexibility index (Phi) is 5.43. The molecule has 0 saturated carbocycles. The lowest BCUT2D eigenvalue weighted by molar-refractivity contribution is -0.441. The van der Waals surface area contributed by atoms with E-state index in [4.69, 9.17) is 11.5 Å². The Balaban J connectivity index is 0.000000277. The van der Waals surface area contributed by atoms with Crippen LogP contribution in [0.4, 0.5) is 28.7 Å². The van der Waals surface area contributed by atoms with Gasteiger partial charge in [-0.05, 0) is 18.2 Å². The zero-order valence-corrected chi connectivity index (χ0v) is 11.4. The van der Waals surface area contributed by atoms with Crippen molar-refractivity contribution in [3.63, 3.8) is 0 Å². The number of rotatable bonds is 3. The molecule has 0 unspecified atom stereocenters. The average molecular weight is 322 g/mol. The first-order valence-electron chi connectivity index (χ1n) is 5.78. The van der Waals surface area contributed by atoms with Crippen LogP contribution in [0.15, 0.2) is 36.4 Å². The van der Waals surface area contributed by atoms with Crippen LogP contribution >= 0.6 is 0 Å². The van der Waals surface area contributed by atoms with Crippen LogP contribution in [0.5, 0.6) is 0 Å². The first-order valence-corrected chi connectivity index (χ1v) is 5.78. The van der Waals surface area contributed by atoms with Crippen LogP contribution in [0.25, 0.3) is 0 Å². The summed E-state index contributed by atoms with van der Waals surface area (Å²) in [5.41, 5.74) is 7.64. The molecular weight excluding hydrogens is 312 g/mol. The minimum absolute atomic E-state index is 0.463. The highest BCUT2D eigenvalue weighted by Crippen LogP contribution is 2.35. The summed E-state index contributed by atoms with van der Waals surface area (Å²) in [4.78, 5) is 31.7. The number of anilines is 2. The van der Waals surface area contributed by atoms with Crippen LogP contribution in [0.3, 0.4) is 0 Å². The summed E-state index contributed by atoms with van der Waals surface area (Å²) in [6.45, 7) is 0. The van der Waals surface area contributed by atoms with Gasteiger partial charge in [0, 0.05) is 12.1 Å². The molecule has 2 rings (SSSR count). The van der Waals surface area contributed by atoms with Crippen molar-refractivity contribution in [3.8, 4) is 0 Å². The summed E-state index contributed by atoms with van der Waals surface area (Å²) in [6.07, 6.45) is 0. The molecule has 1 aromatic carbocycles. The van der Waals surface area contributed by atoms with Crippen LogP contribution in [0, 0.1) is 30.3 Å². The molecule has 0 amide bonds. The number of para-hydroxylation sites is 1. The van der Waals surface area contributed by atoms with Crippen LogP contribution < -0.4 is 11.5 Å². The van der Waals surface area contributed by atoms with Crippen molar-refractivity contribution in [1.82, 2.24) is 4.98 Å². The molecule has 0 aliphatic rings. The van der Waals surface area contributed by atoms with Crippen LogP contribution in [0.2, 0.25) is 0 Å². The molecule has 120 valence electrons. The molecule has 4 N–H and O–H groups in total. The Hall–Kier alpha value is -3.83. The standard InChI is InChI=1S/C6H3N3O6.C5H7N3/c10-7(11)4-2-1-3-5(8(12)13)6(4)9(14)15;6-4-2-1-3-5(7)8-4/h1-3H;1-3H,(H4,6,7,8). The Bertz CT molecular complexity index is 715. The van der Waals surface area contributed by atoms with Gasteiger partial charge in [-0.2, -0.15) is 0 Å². The van der Waals surface area contributed by atoms with Gasteiger partial charge in [0.15, 0.2) is 0 Å². The first-order chi connectivity index (χ1) is 10.7. The van der Waals surface area contributed by atoms with Gasteiger partial charge >= 0.3 is 17.1 Å². The van der Waals surface area contributed by atoms with Crippen molar-refractivity contribution in [2.45, 2.75) is 0 Å². The number of hydrogen-bond acceptors (Lipinski definition) is 9. The SMILES string of the molecule is Nc1cccc(N)n1.O=[N+]([O-])c1cccc([N+](=O)[O-])c1[N+](=O)[O-]. The second kappa shape index (κ2) is 7.26. The van der Waals surface area contributed by atoms with Crippen LogP contribution in [-0.4, -0.2) is 19.8 Å². The van der Waals surface area contributed by atoms with E-state index in [1.165, 1.54) is 0 Å². The van der Waals surface area contributed by atoms with E-state index in [1.54, 1.807) is 18.2 Å².